The molecule has 1 unspecified atom stereocenters. The first-order chi connectivity index (χ1) is 14.6. The summed E-state index contributed by atoms with van der Waals surface area (Å²) < 4.78 is 7.60. The van der Waals surface area contributed by atoms with Crippen LogP contribution in [0.3, 0.4) is 0 Å². The highest BCUT2D eigenvalue weighted by Gasteiger charge is 2.26. The molecule has 1 amide bonds. The molecule has 0 bridgehead atoms. The predicted octanol–water partition coefficient (Wildman–Crippen LogP) is 3.61. The average Bonchev–Trinajstić information content (AvgIpc) is 3.46. The molecule has 1 atom stereocenters. The number of fused-ring (bicyclic) bond motifs is 1. The predicted molar refractivity (Wildman–Crippen MR) is 115 cm³/mol. The van der Waals surface area contributed by atoms with Crippen LogP contribution in [0.2, 0.25) is 0 Å². The zero-order valence-electron chi connectivity index (χ0n) is 16.7. The van der Waals surface area contributed by atoms with Gasteiger partial charge in [-0.15, -0.1) is 0 Å². The first kappa shape index (κ1) is 18.4. The van der Waals surface area contributed by atoms with Crippen molar-refractivity contribution in [2.24, 2.45) is 5.73 Å². The summed E-state index contributed by atoms with van der Waals surface area (Å²) in [6.07, 6.45) is 2.97. The molecule has 0 saturated carbocycles. The molecule has 0 radical (unpaired) electrons. The van der Waals surface area contributed by atoms with Gasteiger partial charge in [0, 0.05) is 29.8 Å². The number of imidazole rings is 1. The number of primary amides is 1. The Balaban J connectivity index is 1.49. The number of carbonyl (C=O) groups excluding carboxylic acids is 1. The molecule has 1 aliphatic rings. The van der Waals surface area contributed by atoms with Crippen molar-refractivity contribution in [1.29, 1.82) is 0 Å². The van der Waals surface area contributed by atoms with E-state index in [0.29, 0.717) is 23.1 Å². The van der Waals surface area contributed by atoms with Gasteiger partial charge in [0.25, 0.3) is 5.91 Å². The van der Waals surface area contributed by atoms with E-state index in [1.165, 1.54) is 5.56 Å². The van der Waals surface area contributed by atoms with Crippen LogP contribution in [0.5, 0.6) is 11.5 Å². The first-order valence-corrected chi connectivity index (χ1v) is 10.1. The second-order valence-electron chi connectivity index (χ2n) is 7.69. The Labute approximate surface area is 173 Å². The van der Waals surface area contributed by atoms with Gasteiger partial charge in [0.1, 0.15) is 17.2 Å². The van der Waals surface area contributed by atoms with Crippen LogP contribution in [-0.2, 0) is 0 Å². The molecule has 1 fully saturated rings. The third kappa shape index (κ3) is 3.23. The fourth-order valence-electron chi connectivity index (χ4n) is 4.01. The minimum Gasteiger partial charge on any atom is -0.457 e. The number of aryl methyl sites for hydroxylation is 1. The van der Waals surface area contributed by atoms with Gasteiger partial charge in [-0.25, -0.2) is 9.50 Å². The van der Waals surface area contributed by atoms with E-state index in [9.17, 15) is 4.79 Å². The number of aromatic nitrogens is 3. The maximum Gasteiger partial charge on any atom is 0.269 e. The summed E-state index contributed by atoms with van der Waals surface area (Å²) in [6, 6.07) is 15.4. The smallest absolute Gasteiger partial charge is 0.269 e. The Morgan fingerprint density at radius 2 is 1.83 bits per heavy atom. The maximum absolute atomic E-state index is 12.2. The number of aromatic amines is 1. The van der Waals surface area contributed by atoms with Crippen LogP contribution in [0.4, 0.5) is 0 Å². The zero-order valence-corrected chi connectivity index (χ0v) is 16.7. The van der Waals surface area contributed by atoms with Crippen molar-refractivity contribution in [3.63, 3.8) is 0 Å². The SMILES string of the molecule is Cc1ccc(Oc2ccc(-c3nc4c(C5CCNC5)c[nH]n4c3C(N)=O)cc2)cc1. The molecule has 5 rings (SSSR count). The minimum absolute atomic E-state index is 0.356. The van der Waals surface area contributed by atoms with Crippen LogP contribution in [0.15, 0.2) is 54.7 Å². The zero-order chi connectivity index (χ0) is 20.7. The Bertz CT molecular complexity index is 1200. The molecule has 7 heteroatoms. The summed E-state index contributed by atoms with van der Waals surface area (Å²) in [7, 11) is 0. The normalized spacial score (nSPS) is 16.2. The van der Waals surface area contributed by atoms with Crippen molar-refractivity contribution in [3.8, 4) is 22.8 Å². The third-order valence-electron chi connectivity index (χ3n) is 5.60. The lowest BCUT2D eigenvalue weighted by atomic mass is 10.0. The number of nitrogens with two attached hydrogens (primary N) is 1. The number of nitrogens with one attached hydrogen (secondary N) is 2. The minimum atomic E-state index is -0.518. The highest BCUT2D eigenvalue weighted by Crippen LogP contribution is 2.32. The quantitative estimate of drug-likeness (QED) is 0.476. The van der Waals surface area contributed by atoms with E-state index in [0.717, 1.165) is 42.0 Å². The Kier molecular flexibility index (Phi) is 4.52. The average molecular weight is 401 g/mol. The molecule has 1 saturated heterocycles. The molecule has 0 aliphatic carbocycles. The number of amides is 1. The lowest BCUT2D eigenvalue weighted by Crippen LogP contribution is -2.15. The van der Waals surface area contributed by atoms with Gasteiger partial charge in [0.15, 0.2) is 11.3 Å². The standard InChI is InChI=1S/C23H23N5O2/c1-14-2-6-17(7-3-14)30-18-8-4-15(5-9-18)20-21(22(24)29)28-23(27-20)19(13-26-28)16-10-11-25-12-16/h2-9,13,16,25-26H,10-12H2,1H3,(H2,24,29). The molecule has 0 spiro atoms. The number of ether oxygens (including phenoxy) is 1. The van der Waals surface area contributed by atoms with Gasteiger partial charge in [-0.2, -0.15) is 0 Å². The summed E-state index contributed by atoms with van der Waals surface area (Å²) in [5, 5.41) is 6.53. The third-order valence-corrected chi connectivity index (χ3v) is 5.60. The number of rotatable bonds is 5. The van der Waals surface area contributed by atoms with Gasteiger partial charge in [-0.05, 0) is 56.3 Å². The van der Waals surface area contributed by atoms with Gasteiger partial charge in [0.05, 0.1) is 0 Å². The second kappa shape index (κ2) is 7.35. The highest BCUT2D eigenvalue weighted by molar-refractivity contribution is 5.98. The molecule has 4 aromatic rings. The second-order valence-corrected chi connectivity index (χ2v) is 7.69. The van der Waals surface area contributed by atoms with Gasteiger partial charge in [-0.1, -0.05) is 17.7 Å². The lowest BCUT2D eigenvalue weighted by Gasteiger charge is -2.07. The molecular formula is C23H23N5O2. The lowest BCUT2D eigenvalue weighted by molar-refractivity contribution is 0.0994. The fraction of sp³-hybridized carbons (Fsp3) is 0.217. The highest BCUT2D eigenvalue weighted by atomic mass is 16.5. The number of benzene rings is 2. The topological polar surface area (TPSA) is 97.4 Å². The molecule has 7 nitrogen and oxygen atoms in total. The molecule has 3 heterocycles. The molecule has 30 heavy (non-hydrogen) atoms. The largest absolute Gasteiger partial charge is 0.457 e. The van der Waals surface area contributed by atoms with Crippen molar-refractivity contribution in [2.75, 3.05) is 13.1 Å². The van der Waals surface area contributed by atoms with E-state index in [1.54, 1.807) is 4.52 Å². The van der Waals surface area contributed by atoms with Crippen LogP contribution in [0.1, 0.15) is 34.0 Å². The van der Waals surface area contributed by atoms with Crippen LogP contribution in [0.25, 0.3) is 16.9 Å². The van der Waals surface area contributed by atoms with Crippen molar-refractivity contribution in [1.82, 2.24) is 19.9 Å². The van der Waals surface area contributed by atoms with Crippen molar-refractivity contribution in [2.45, 2.75) is 19.3 Å². The van der Waals surface area contributed by atoms with E-state index in [2.05, 4.69) is 10.4 Å². The maximum atomic E-state index is 12.2. The van der Waals surface area contributed by atoms with Crippen LogP contribution in [0, 0.1) is 6.92 Å². The molecule has 2 aromatic heterocycles. The van der Waals surface area contributed by atoms with Crippen molar-refractivity contribution in [3.05, 3.63) is 71.5 Å². The molecule has 4 N–H and O–H groups in total. The molecule has 2 aromatic carbocycles. The van der Waals surface area contributed by atoms with Crippen LogP contribution < -0.4 is 15.8 Å². The van der Waals surface area contributed by atoms with Gasteiger partial charge >= 0.3 is 0 Å². The van der Waals surface area contributed by atoms with E-state index in [-0.39, 0.29) is 0 Å². The number of nitrogens with zero attached hydrogens (tertiary/aromatic N) is 2. The molecular weight excluding hydrogens is 378 g/mol. The Morgan fingerprint density at radius 3 is 2.47 bits per heavy atom. The van der Waals surface area contributed by atoms with Crippen molar-refractivity contribution >= 4 is 11.6 Å². The number of carbonyl (C=O) groups is 1. The summed E-state index contributed by atoms with van der Waals surface area (Å²) in [4.78, 5) is 17.0. The summed E-state index contributed by atoms with van der Waals surface area (Å²) in [5.41, 5.74) is 10.5. The summed E-state index contributed by atoms with van der Waals surface area (Å²) in [5.74, 6) is 1.34. The van der Waals surface area contributed by atoms with E-state index < -0.39 is 5.91 Å². The number of hydrogen-bond donors (Lipinski definition) is 3. The van der Waals surface area contributed by atoms with Crippen LogP contribution in [-0.4, -0.2) is 33.6 Å². The van der Waals surface area contributed by atoms with Crippen molar-refractivity contribution < 1.29 is 9.53 Å². The molecule has 152 valence electrons. The van der Waals surface area contributed by atoms with Crippen LogP contribution >= 0.6 is 0 Å². The van der Waals surface area contributed by atoms with E-state index in [4.69, 9.17) is 15.5 Å². The van der Waals surface area contributed by atoms with Gasteiger partial charge < -0.3 is 15.8 Å². The summed E-state index contributed by atoms with van der Waals surface area (Å²) >= 11 is 0. The summed E-state index contributed by atoms with van der Waals surface area (Å²) in [6.45, 7) is 3.93. The van der Waals surface area contributed by atoms with Gasteiger partial charge in [-0.3, -0.25) is 9.89 Å². The number of hydrogen-bond acceptors (Lipinski definition) is 4. The Morgan fingerprint density at radius 1 is 1.13 bits per heavy atom. The van der Waals surface area contributed by atoms with Gasteiger partial charge in [0.2, 0.25) is 0 Å². The number of H-pyrrole nitrogens is 1. The Hall–Kier alpha value is -3.58. The monoisotopic (exact) mass is 401 g/mol. The van der Waals surface area contributed by atoms with E-state index >= 15 is 0 Å². The molecule has 1 aliphatic heterocycles. The fourth-order valence-corrected chi connectivity index (χ4v) is 4.01. The first-order valence-electron chi connectivity index (χ1n) is 10.1. The van der Waals surface area contributed by atoms with E-state index in [1.807, 2.05) is 61.7 Å².